The average Bonchev–Trinajstić information content (AvgIpc) is 2.78. The van der Waals surface area contributed by atoms with E-state index >= 15 is 0 Å². The number of rotatable bonds is 3. The fourth-order valence-corrected chi connectivity index (χ4v) is 2.23. The van der Waals surface area contributed by atoms with Crippen LogP contribution in [0.4, 0.5) is 0 Å². The molecule has 2 unspecified atom stereocenters. The standard InChI is InChI=1S/C12H19N3O2/c1-9-3-4-15(7-10-6-14-8-17-10)12(16)11(5-9)13-2/h6,8-9,11,13H,3-5,7H2,1-2H3. The maximum absolute atomic E-state index is 12.2. The number of carbonyl (C=O) groups excluding carboxylic acids is 1. The number of hydrogen-bond donors (Lipinski definition) is 1. The molecule has 5 nitrogen and oxygen atoms in total. The Bertz CT molecular complexity index is 364. The Morgan fingerprint density at radius 1 is 1.65 bits per heavy atom. The van der Waals surface area contributed by atoms with Gasteiger partial charge in [-0.1, -0.05) is 6.92 Å². The summed E-state index contributed by atoms with van der Waals surface area (Å²) in [4.78, 5) is 18.0. The van der Waals surface area contributed by atoms with E-state index in [0.29, 0.717) is 12.5 Å². The van der Waals surface area contributed by atoms with Gasteiger partial charge in [0.25, 0.3) is 0 Å². The van der Waals surface area contributed by atoms with Crippen LogP contribution in [-0.4, -0.2) is 35.4 Å². The molecule has 2 rings (SSSR count). The van der Waals surface area contributed by atoms with E-state index in [4.69, 9.17) is 4.42 Å². The zero-order valence-electron chi connectivity index (χ0n) is 10.3. The van der Waals surface area contributed by atoms with Gasteiger partial charge < -0.3 is 14.6 Å². The molecule has 0 spiro atoms. The lowest BCUT2D eigenvalue weighted by molar-refractivity contribution is -0.133. The molecule has 0 aliphatic carbocycles. The highest BCUT2D eigenvalue weighted by Crippen LogP contribution is 2.19. The van der Waals surface area contributed by atoms with Gasteiger partial charge in [0.1, 0.15) is 5.76 Å². The molecule has 2 heterocycles. The number of carbonyl (C=O) groups is 1. The van der Waals surface area contributed by atoms with Gasteiger partial charge in [0, 0.05) is 6.54 Å². The van der Waals surface area contributed by atoms with Crippen molar-refractivity contribution in [3.05, 3.63) is 18.4 Å². The van der Waals surface area contributed by atoms with Crippen LogP contribution in [0.15, 0.2) is 17.0 Å². The molecule has 0 radical (unpaired) electrons. The van der Waals surface area contributed by atoms with Gasteiger partial charge in [0.2, 0.25) is 5.91 Å². The van der Waals surface area contributed by atoms with E-state index in [-0.39, 0.29) is 11.9 Å². The molecule has 1 aliphatic heterocycles. The van der Waals surface area contributed by atoms with Crippen molar-refractivity contribution >= 4 is 5.91 Å². The predicted octanol–water partition coefficient (Wildman–Crippen LogP) is 1.02. The third-order valence-electron chi connectivity index (χ3n) is 3.32. The summed E-state index contributed by atoms with van der Waals surface area (Å²) in [7, 11) is 1.84. The summed E-state index contributed by atoms with van der Waals surface area (Å²) in [5.41, 5.74) is 0. The van der Waals surface area contributed by atoms with Crippen LogP contribution < -0.4 is 5.32 Å². The van der Waals surface area contributed by atoms with Gasteiger partial charge in [-0.25, -0.2) is 4.98 Å². The van der Waals surface area contributed by atoms with Gasteiger partial charge in [-0.2, -0.15) is 0 Å². The molecular formula is C12H19N3O2. The van der Waals surface area contributed by atoms with E-state index in [9.17, 15) is 4.79 Å². The summed E-state index contributed by atoms with van der Waals surface area (Å²) >= 11 is 0. The van der Waals surface area contributed by atoms with Crippen molar-refractivity contribution in [3.63, 3.8) is 0 Å². The first-order valence-corrected chi connectivity index (χ1v) is 6.04. The van der Waals surface area contributed by atoms with Crippen LogP contribution in [0.1, 0.15) is 25.5 Å². The number of nitrogens with zero attached hydrogens (tertiary/aromatic N) is 2. The highest BCUT2D eigenvalue weighted by molar-refractivity contribution is 5.82. The van der Waals surface area contributed by atoms with Crippen molar-refractivity contribution < 1.29 is 9.21 Å². The van der Waals surface area contributed by atoms with E-state index < -0.39 is 0 Å². The Kier molecular flexibility index (Phi) is 3.78. The first-order chi connectivity index (χ1) is 8.20. The van der Waals surface area contributed by atoms with Crippen LogP contribution in [0.5, 0.6) is 0 Å². The molecule has 1 N–H and O–H groups in total. The normalized spacial score (nSPS) is 26.0. The maximum Gasteiger partial charge on any atom is 0.240 e. The summed E-state index contributed by atoms with van der Waals surface area (Å²) in [6.45, 7) is 3.50. The quantitative estimate of drug-likeness (QED) is 0.852. The summed E-state index contributed by atoms with van der Waals surface area (Å²) in [6.07, 6.45) is 5.01. The molecule has 1 amide bonds. The van der Waals surface area contributed by atoms with Gasteiger partial charge in [0.05, 0.1) is 18.8 Å². The van der Waals surface area contributed by atoms with Crippen molar-refractivity contribution in [1.82, 2.24) is 15.2 Å². The van der Waals surface area contributed by atoms with E-state index in [0.717, 1.165) is 25.1 Å². The zero-order valence-corrected chi connectivity index (χ0v) is 10.3. The fourth-order valence-electron chi connectivity index (χ4n) is 2.23. The molecule has 0 bridgehead atoms. The lowest BCUT2D eigenvalue weighted by atomic mass is 10.0. The Hall–Kier alpha value is -1.36. The Morgan fingerprint density at radius 2 is 2.47 bits per heavy atom. The first kappa shape index (κ1) is 12.1. The van der Waals surface area contributed by atoms with E-state index in [2.05, 4.69) is 17.2 Å². The number of amides is 1. The number of hydrogen-bond acceptors (Lipinski definition) is 4. The Labute approximate surface area is 101 Å². The third kappa shape index (κ3) is 2.85. The number of aromatic nitrogens is 1. The Morgan fingerprint density at radius 3 is 3.12 bits per heavy atom. The number of likely N-dealkylation sites (tertiary alicyclic amines) is 1. The molecule has 94 valence electrons. The summed E-state index contributed by atoms with van der Waals surface area (Å²) in [6, 6.07) is -0.0737. The van der Waals surface area contributed by atoms with Gasteiger partial charge in [-0.3, -0.25) is 4.79 Å². The van der Waals surface area contributed by atoms with Crippen molar-refractivity contribution in [2.24, 2.45) is 5.92 Å². The minimum absolute atomic E-state index is 0.0737. The van der Waals surface area contributed by atoms with E-state index in [1.807, 2.05) is 11.9 Å². The highest BCUT2D eigenvalue weighted by Gasteiger charge is 2.29. The third-order valence-corrected chi connectivity index (χ3v) is 3.32. The minimum Gasteiger partial charge on any atom is -0.447 e. The molecule has 1 aromatic heterocycles. The van der Waals surface area contributed by atoms with Crippen molar-refractivity contribution in [2.75, 3.05) is 13.6 Å². The molecule has 2 atom stereocenters. The van der Waals surface area contributed by atoms with Crippen LogP contribution in [0.2, 0.25) is 0 Å². The highest BCUT2D eigenvalue weighted by atomic mass is 16.3. The van der Waals surface area contributed by atoms with Crippen LogP contribution in [-0.2, 0) is 11.3 Å². The minimum atomic E-state index is -0.0737. The smallest absolute Gasteiger partial charge is 0.240 e. The van der Waals surface area contributed by atoms with E-state index in [1.54, 1.807) is 6.20 Å². The maximum atomic E-state index is 12.2. The predicted molar refractivity (Wildman–Crippen MR) is 63.2 cm³/mol. The van der Waals surface area contributed by atoms with Gasteiger partial charge in [-0.05, 0) is 25.8 Å². The lowest BCUT2D eigenvalue weighted by Gasteiger charge is -2.22. The van der Waals surface area contributed by atoms with Crippen molar-refractivity contribution in [3.8, 4) is 0 Å². The SMILES string of the molecule is CNC1CC(C)CCN(Cc2cnco2)C1=O. The summed E-state index contributed by atoms with van der Waals surface area (Å²) in [5.74, 6) is 1.46. The van der Waals surface area contributed by atoms with Crippen molar-refractivity contribution in [2.45, 2.75) is 32.4 Å². The second-order valence-electron chi connectivity index (χ2n) is 4.70. The molecule has 17 heavy (non-hydrogen) atoms. The lowest BCUT2D eigenvalue weighted by Crippen LogP contribution is -2.43. The monoisotopic (exact) mass is 237 g/mol. The second-order valence-corrected chi connectivity index (χ2v) is 4.70. The summed E-state index contributed by atoms with van der Waals surface area (Å²) < 4.78 is 5.20. The molecule has 0 aromatic carbocycles. The fraction of sp³-hybridized carbons (Fsp3) is 0.667. The van der Waals surface area contributed by atoms with Crippen LogP contribution >= 0.6 is 0 Å². The molecule has 1 fully saturated rings. The van der Waals surface area contributed by atoms with Gasteiger partial charge in [0.15, 0.2) is 6.39 Å². The topological polar surface area (TPSA) is 58.4 Å². The molecule has 5 heteroatoms. The van der Waals surface area contributed by atoms with Gasteiger partial charge >= 0.3 is 0 Å². The van der Waals surface area contributed by atoms with E-state index in [1.165, 1.54) is 6.39 Å². The molecule has 1 aromatic rings. The number of oxazole rings is 1. The first-order valence-electron chi connectivity index (χ1n) is 6.04. The molecule has 1 saturated heterocycles. The number of nitrogens with one attached hydrogen (secondary N) is 1. The Balaban J connectivity index is 2.07. The van der Waals surface area contributed by atoms with Crippen LogP contribution in [0, 0.1) is 5.92 Å². The van der Waals surface area contributed by atoms with Crippen LogP contribution in [0.3, 0.4) is 0 Å². The van der Waals surface area contributed by atoms with Crippen molar-refractivity contribution in [1.29, 1.82) is 0 Å². The molecule has 0 saturated carbocycles. The molecular weight excluding hydrogens is 218 g/mol. The van der Waals surface area contributed by atoms with Crippen LogP contribution in [0.25, 0.3) is 0 Å². The van der Waals surface area contributed by atoms with Gasteiger partial charge in [-0.15, -0.1) is 0 Å². The summed E-state index contributed by atoms with van der Waals surface area (Å²) in [5, 5.41) is 3.10. The largest absolute Gasteiger partial charge is 0.447 e. The number of likely N-dealkylation sites (N-methyl/N-ethyl adjacent to an activating group) is 1. The molecule has 1 aliphatic rings. The zero-order chi connectivity index (χ0) is 12.3. The average molecular weight is 237 g/mol. The second kappa shape index (κ2) is 5.31.